The van der Waals surface area contributed by atoms with Gasteiger partial charge in [-0.15, -0.1) is 0 Å². The largest absolute Gasteiger partial charge is 0.497 e. The molecule has 3 aliphatic heterocycles. The number of hydrogen-bond donors (Lipinski definition) is 1. The van der Waals surface area contributed by atoms with Gasteiger partial charge in [-0.05, 0) is 48.1 Å². The predicted molar refractivity (Wildman–Crippen MR) is 130 cm³/mol. The molecule has 3 heterocycles. The summed E-state index contributed by atoms with van der Waals surface area (Å²) in [7, 11) is 1.72. The molecule has 0 aliphatic carbocycles. The van der Waals surface area contributed by atoms with Crippen molar-refractivity contribution >= 4 is 11.4 Å². The van der Waals surface area contributed by atoms with Gasteiger partial charge < -0.3 is 14.8 Å². The van der Waals surface area contributed by atoms with E-state index in [-0.39, 0.29) is 5.41 Å². The van der Waals surface area contributed by atoms with E-state index in [4.69, 9.17) is 9.47 Å². The smallest absolute Gasteiger partial charge is 0.120 e. The van der Waals surface area contributed by atoms with Crippen LogP contribution < -0.4 is 10.1 Å². The van der Waals surface area contributed by atoms with Crippen LogP contribution in [-0.2, 0) is 16.7 Å². The van der Waals surface area contributed by atoms with Crippen LogP contribution in [0.1, 0.15) is 49.8 Å². The van der Waals surface area contributed by atoms with Crippen molar-refractivity contribution in [1.29, 1.82) is 0 Å². The molecule has 32 heavy (non-hydrogen) atoms. The summed E-state index contributed by atoms with van der Waals surface area (Å²) in [6.07, 6.45) is 3.69. The molecule has 0 amide bonds. The lowest BCUT2D eigenvalue weighted by Crippen LogP contribution is -2.50. The lowest BCUT2D eigenvalue weighted by molar-refractivity contribution is 0.0792. The van der Waals surface area contributed by atoms with Crippen LogP contribution >= 0.6 is 0 Å². The fourth-order valence-corrected chi connectivity index (χ4v) is 5.70. The van der Waals surface area contributed by atoms with Crippen LogP contribution in [0.15, 0.2) is 36.4 Å². The number of nitrogens with zero attached hydrogens (tertiary/aromatic N) is 2. The Kier molecular flexibility index (Phi) is 6.15. The normalized spacial score (nSPS) is 23.5. The molecule has 2 aromatic rings. The summed E-state index contributed by atoms with van der Waals surface area (Å²) in [5.41, 5.74) is 6.42. The van der Waals surface area contributed by atoms with Crippen molar-refractivity contribution in [2.45, 2.75) is 51.1 Å². The molecule has 2 fully saturated rings. The highest BCUT2D eigenvalue weighted by molar-refractivity contribution is 5.76. The lowest BCUT2D eigenvalue weighted by Gasteiger charge is -2.39. The van der Waals surface area contributed by atoms with E-state index in [1.54, 1.807) is 7.11 Å². The lowest BCUT2D eigenvalue weighted by atomic mass is 9.74. The SMILES string of the molecule is COc1ccc2c(c1)Nc1ccc(CN3CCN(C4CCCOCC4)CC3)cc1C2(C)C. The van der Waals surface area contributed by atoms with Gasteiger partial charge in [0.25, 0.3) is 0 Å². The van der Waals surface area contributed by atoms with Gasteiger partial charge in [-0.1, -0.05) is 32.0 Å². The van der Waals surface area contributed by atoms with Crippen LogP contribution in [0.25, 0.3) is 0 Å². The van der Waals surface area contributed by atoms with Gasteiger partial charge in [0.15, 0.2) is 0 Å². The first-order valence-electron chi connectivity index (χ1n) is 12.2. The Morgan fingerprint density at radius 2 is 1.81 bits per heavy atom. The highest BCUT2D eigenvalue weighted by Crippen LogP contribution is 2.46. The van der Waals surface area contributed by atoms with Crippen molar-refractivity contribution in [1.82, 2.24) is 9.80 Å². The Morgan fingerprint density at radius 3 is 2.62 bits per heavy atom. The van der Waals surface area contributed by atoms with Crippen molar-refractivity contribution in [3.05, 3.63) is 53.1 Å². The summed E-state index contributed by atoms with van der Waals surface area (Å²) in [4.78, 5) is 5.32. The molecule has 5 heteroatoms. The van der Waals surface area contributed by atoms with Crippen LogP contribution in [-0.4, -0.2) is 62.3 Å². The second-order valence-corrected chi connectivity index (χ2v) is 10.1. The molecule has 0 bridgehead atoms. The fraction of sp³-hybridized carbons (Fsp3) is 0.556. The second-order valence-electron chi connectivity index (χ2n) is 10.1. The molecule has 1 N–H and O–H groups in total. The highest BCUT2D eigenvalue weighted by atomic mass is 16.5. The molecule has 2 saturated heterocycles. The third kappa shape index (κ3) is 4.26. The number of benzene rings is 2. The van der Waals surface area contributed by atoms with Crippen LogP contribution in [0.2, 0.25) is 0 Å². The minimum absolute atomic E-state index is 0.0432. The van der Waals surface area contributed by atoms with Crippen molar-refractivity contribution in [3.8, 4) is 5.75 Å². The maximum Gasteiger partial charge on any atom is 0.120 e. The van der Waals surface area contributed by atoms with E-state index >= 15 is 0 Å². The molecule has 1 unspecified atom stereocenters. The number of methoxy groups -OCH3 is 1. The van der Waals surface area contributed by atoms with Crippen LogP contribution in [0.5, 0.6) is 5.75 Å². The van der Waals surface area contributed by atoms with Crippen LogP contribution in [0, 0.1) is 0 Å². The van der Waals surface area contributed by atoms with Crippen molar-refractivity contribution < 1.29 is 9.47 Å². The van der Waals surface area contributed by atoms with Gasteiger partial charge in [0.1, 0.15) is 5.75 Å². The zero-order valence-electron chi connectivity index (χ0n) is 19.8. The first-order valence-corrected chi connectivity index (χ1v) is 12.2. The van der Waals surface area contributed by atoms with Gasteiger partial charge in [0.05, 0.1) is 7.11 Å². The third-order valence-electron chi connectivity index (χ3n) is 7.68. The molecule has 0 saturated carbocycles. The standard InChI is InChI=1S/C27H37N3O2/c1-27(2)23-8-7-22(31-3)18-26(23)28-25-9-6-20(17-24(25)27)19-29-11-13-30(14-12-29)21-5-4-15-32-16-10-21/h6-9,17-18,21,28H,4-5,10-16,19H2,1-3H3. The Morgan fingerprint density at radius 1 is 0.969 bits per heavy atom. The quantitative estimate of drug-likeness (QED) is 0.749. The summed E-state index contributed by atoms with van der Waals surface area (Å²) in [6, 6.07) is 14.1. The zero-order chi connectivity index (χ0) is 22.1. The number of ether oxygens (including phenoxy) is 2. The summed E-state index contributed by atoms with van der Waals surface area (Å²) in [5, 5.41) is 3.64. The molecule has 2 aromatic carbocycles. The van der Waals surface area contributed by atoms with Crippen LogP contribution in [0.4, 0.5) is 11.4 Å². The molecule has 1 atom stereocenters. The molecule has 5 nitrogen and oxygen atoms in total. The van der Waals surface area contributed by atoms with Gasteiger partial charge in [-0.3, -0.25) is 9.80 Å². The van der Waals surface area contributed by atoms with E-state index in [2.05, 4.69) is 65.4 Å². The maximum atomic E-state index is 5.66. The van der Waals surface area contributed by atoms with E-state index in [0.29, 0.717) is 6.04 Å². The monoisotopic (exact) mass is 435 g/mol. The average molecular weight is 436 g/mol. The van der Waals surface area contributed by atoms with E-state index < -0.39 is 0 Å². The van der Waals surface area contributed by atoms with Crippen LogP contribution in [0.3, 0.4) is 0 Å². The molecular weight excluding hydrogens is 398 g/mol. The van der Waals surface area contributed by atoms with Gasteiger partial charge in [0.2, 0.25) is 0 Å². The van der Waals surface area contributed by atoms with Gasteiger partial charge in [-0.2, -0.15) is 0 Å². The first-order chi connectivity index (χ1) is 15.5. The summed E-state index contributed by atoms with van der Waals surface area (Å²) in [6.45, 7) is 12.2. The summed E-state index contributed by atoms with van der Waals surface area (Å²) < 4.78 is 11.1. The van der Waals surface area contributed by atoms with Gasteiger partial charge in [0, 0.05) is 74.8 Å². The fourth-order valence-electron chi connectivity index (χ4n) is 5.70. The average Bonchev–Trinajstić information content (AvgIpc) is 3.09. The Balaban J connectivity index is 1.26. The van der Waals surface area contributed by atoms with E-state index in [1.807, 2.05) is 0 Å². The summed E-state index contributed by atoms with van der Waals surface area (Å²) in [5.74, 6) is 0.891. The topological polar surface area (TPSA) is 37.0 Å². The molecular formula is C27H37N3O2. The Bertz CT molecular complexity index is 942. The second kappa shape index (κ2) is 9.05. The molecule has 0 spiro atoms. The predicted octanol–water partition coefficient (Wildman–Crippen LogP) is 4.76. The number of piperazine rings is 1. The number of anilines is 2. The van der Waals surface area contributed by atoms with E-state index in [0.717, 1.165) is 44.3 Å². The van der Waals surface area contributed by atoms with Gasteiger partial charge >= 0.3 is 0 Å². The highest BCUT2D eigenvalue weighted by Gasteiger charge is 2.33. The van der Waals surface area contributed by atoms with E-state index in [1.165, 1.54) is 54.7 Å². The third-order valence-corrected chi connectivity index (χ3v) is 7.68. The molecule has 172 valence electrons. The molecule has 3 aliphatic rings. The minimum atomic E-state index is -0.0432. The number of fused-ring (bicyclic) bond motifs is 2. The molecule has 0 aromatic heterocycles. The number of nitrogens with one attached hydrogen (secondary N) is 1. The van der Waals surface area contributed by atoms with Crippen molar-refractivity contribution in [2.24, 2.45) is 0 Å². The Labute approximate surface area is 192 Å². The Hall–Kier alpha value is -2.08. The summed E-state index contributed by atoms with van der Waals surface area (Å²) >= 11 is 0. The zero-order valence-corrected chi connectivity index (χ0v) is 19.8. The maximum absolute atomic E-state index is 5.66. The van der Waals surface area contributed by atoms with Gasteiger partial charge in [-0.25, -0.2) is 0 Å². The van der Waals surface area contributed by atoms with E-state index in [9.17, 15) is 0 Å². The van der Waals surface area contributed by atoms with Crippen molar-refractivity contribution in [2.75, 3.05) is 51.8 Å². The minimum Gasteiger partial charge on any atom is -0.497 e. The number of rotatable bonds is 4. The number of hydrogen-bond acceptors (Lipinski definition) is 5. The first kappa shape index (κ1) is 21.7. The molecule has 0 radical (unpaired) electrons. The molecule has 5 rings (SSSR count). The van der Waals surface area contributed by atoms with Crippen molar-refractivity contribution in [3.63, 3.8) is 0 Å².